The van der Waals surface area contributed by atoms with Crippen LogP contribution in [0.5, 0.6) is 0 Å². The maximum absolute atomic E-state index is 8.88. The second kappa shape index (κ2) is 34.8. The molecule has 0 aromatic heterocycles. The van der Waals surface area contributed by atoms with E-state index >= 15 is 0 Å². The van der Waals surface area contributed by atoms with Crippen LogP contribution in [0, 0.1) is 20.8 Å². The summed E-state index contributed by atoms with van der Waals surface area (Å²) in [6, 6.07) is 0. The van der Waals surface area contributed by atoms with Crippen molar-refractivity contribution in [2.45, 2.75) is 97.8 Å². The Morgan fingerprint density at radius 3 is 0.833 bits per heavy atom. The van der Waals surface area contributed by atoms with E-state index in [0.29, 0.717) is 0 Å². The Hall–Kier alpha value is 0.604. The maximum Gasteiger partial charge on any atom is 3.00 e. The van der Waals surface area contributed by atoms with Crippen LogP contribution in [-0.2, 0) is 21.1 Å². The molecule has 4 nitrogen and oxygen atoms in total. The molecule has 1 radical (unpaired) electrons. The summed E-state index contributed by atoms with van der Waals surface area (Å²) >= 11 is 0. The molecule has 0 spiro atoms. The van der Waals surface area contributed by atoms with Crippen molar-refractivity contribution in [3.8, 4) is 0 Å². The van der Waals surface area contributed by atoms with Gasteiger partial charge in [-0.2, -0.15) is 19.3 Å². The van der Waals surface area contributed by atoms with Crippen molar-refractivity contribution in [3.05, 3.63) is 20.8 Å². The van der Waals surface area contributed by atoms with E-state index in [1.54, 1.807) is 0 Å². The molecule has 0 saturated heterocycles. The van der Waals surface area contributed by atoms with E-state index < -0.39 is 7.82 Å². The van der Waals surface area contributed by atoms with Crippen LogP contribution in [0.4, 0.5) is 0 Å². The van der Waals surface area contributed by atoms with Crippen molar-refractivity contribution < 1.29 is 35.7 Å². The fraction of sp³-hybridized carbons (Fsp3) is 0.833. The van der Waals surface area contributed by atoms with Gasteiger partial charge in [-0.1, -0.05) is 78.6 Å². The average molecular weight is 412 g/mol. The summed E-state index contributed by atoms with van der Waals surface area (Å²) in [5.41, 5.74) is 0. The molecule has 0 rings (SSSR count). The molecule has 0 bridgehead atoms. The molecule has 24 heavy (non-hydrogen) atoms. The summed E-state index contributed by atoms with van der Waals surface area (Å²) in [5, 5.41) is 0. The molecule has 153 valence electrons. The molecule has 0 aliphatic heterocycles. The zero-order valence-electron chi connectivity index (χ0n) is 16.1. The van der Waals surface area contributed by atoms with Crippen molar-refractivity contribution in [3.63, 3.8) is 0 Å². The zero-order valence-corrected chi connectivity index (χ0v) is 18.0. The van der Waals surface area contributed by atoms with E-state index in [-0.39, 0.29) is 16.5 Å². The zero-order chi connectivity index (χ0) is 19.0. The summed E-state index contributed by atoms with van der Waals surface area (Å²) in [6.07, 6.45) is 15.2. The van der Waals surface area contributed by atoms with Gasteiger partial charge in [0.2, 0.25) is 0 Å². The van der Waals surface area contributed by atoms with Crippen LogP contribution in [0.3, 0.4) is 0 Å². The molecule has 0 atom stereocenters. The molecule has 0 aromatic carbocycles. The van der Waals surface area contributed by atoms with Gasteiger partial charge < -0.3 is 35.5 Å². The molecule has 0 aliphatic carbocycles. The van der Waals surface area contributed by atoms with E-state index in [2.05, 4.69) is 41.5 Å². The van der Waals surface area contributed by atoms with Crippen molar-refractivity contribution in [2.24, 2.45) is 0 Å². The van der Waals surface area contributed by atoms with E-state index in [1.807, 2.05) is 0 Å². The predicted molar refractivity (Wildman–Crippen MR) is 103 cm³/mol. The van der Waals surface area contributed by atoms with E-state index in [4.69, 9.17) is 19.2 Å². The van der Waals surface area contributed by atoms with E-state index in [0.717, 1.165) is 19.3 Å². The Labute approximate surface area is 162 Å². The van der Waals surface area contributed by atoms with Gasteiger partial charge in [0.15, 0.2) is 0 Å². The number of hydrogen-bond acceptors (Lipinski definition) is 1. The van der Waals surface area contributed by atoms with Crippen LogP contribution in [0.1, 0.15) is 97.8 Å². The van der Waals surface area contributed by atoms with Crippen LogP contribution in [-0.4, -0.2) is 14.7 Å². The van der Waals surface area contributed by atoms with Gasteiger partial charge in [-0.25, -0.2) is 4.57 Å². The van der Waals surface area contributed by atoms with Gasteiger partial charge in [0.25, 0.3) is 0 Å². The Morgan fingerprint density at radius 2 is 0.792 bits per heavy atom. The monoisotopic (exact) mass is 411 g/mol. The van der Waals surface area contributed by atoms with Gasteiger partial charge in [-0.05, 0) is 0 Å². The number of rotatable bonds is 9. The minimum Gasteiger partial charge on any atom is -0.343 e. The Bertz CT molecular complexity index is 172. The van der Waals surface area contributed by atoms with Crippen LogP contribution >= 0.6 is 7.82 Å². The second-order valence-electron chi connectivity index (χ2n) is 5.20. The third kappa shape index (κ3) is 114. The Morgan fingerprint density at radius 1 is 0.625 bits per heavy atom. The summed E-state index contributed by atoms with van der Waals surface area (Å²) < 4.78 is 8.88. The number of phosphoric acid groups is 1. The van der Waals surface area contributed by atoms with Gasteiger partial charge in [0.1, 0.15) is 0 Å². The molecule has 0 aromatic rings. The third-order valence-corrected chi connectivity index (χ3v) is 2.56. The Balaban J connectivity index is -0.0000000661. The maximum atomic E-state index is 8.88. The molecule has 0 heterocycles. The van der Waals surface area contributed by atoms with E-state index in [9.17, 15) is 0 Å². The van der Waals surface area contributed by atoms with Crippen LogP contribution in [0.15, 0.2) is 0 Å². The van der Waals surface area contributed by atoms with Gasteiger partial charge in [0, 0.05) is 0 Å². The largest absolute Gasteiger partial charge is 3.00 e. The fourth-order valence-electron chi connectivity index (χ4n) is 1.28. The normalized spacial score (nSPS) is 9.21. The fourth-order valence-corrected chi connectivity index (χ4v) is 1.28. The third-order valence-electron chi connectivity index (χ3n) is 2.56. The number of hydrogen-bond donors (Lipinski definition) is 3. The first-order valence-electron chi connectivity index (χ1n) is 8.90. The standard InChI is InChI=1S/3C6H13.Ni.H3O4P/c3*1-3-5-6-4-2;;1-5(2,3)4/h3*1,3-6H2,2H3;;(H3,1,2,3,4)/q3*-1;+3;. The minimum absolute atomic E-state index is 0. The first-order valence-corrected chi connectivity index (χ1v) is 10.5. The van der Waals surface area contributed by atoms with E-state index in [1.165, 1.54) is 57.8 Å². The molecule has 6 heteroatoms. The molecule has 0 unspecified atom stereocenters. The SMILES string of the molecule is O=P(O)(O)O.[CH2-]CCCCC.[CH2-]CCCCC.[CH2-]CCCCC.[Ni+3]. The first kappa shape index (κ1) is 35.7. The molecule has 0 saturated carbocycles. The predicted octanol–water partition coefficient (Wildman–Crippen LogP) is 6.27. The average Bonchev–Trinajstić information content (AvgIpc) is 2.48. The minimum atomic E-state index is -4.64. The quantitative estimate of drug-likeness (QED) is 0.181. The molecular formula is C18H42NiO4P. The molecular weight excluding hydrogens is 370 g/mol. The first-order chi connectivity index (χ1) is 10.7. The van der Waals surface area contributed by atoms with Crippen LogP contribution in [0.25, 0.3) is 0 Å². The van der Waals surface area contributed by atoms with Gasteiger partial charge in [-0.3, -0.25) is 0 Å². The number of unbranched alkanes of at least 4 members (excludes halogenated alkanes) is 9. The molecule has 0 fully saturated rings. The smallest absolute Gasteiger partial charge is 0.343 e. The summed E-state index contributed by atoms with van der Waals surface area (Å²) in [7, 11) is -4.64. The van der Waals surface area contributed by atoms with Crippen LogP contribution < -0.4 is 0 Å². The topological polar surface area (TPSA) is 77.8 Å². The van der Waals surface area contributed by atoms with Gasteiger partial charge >= 0.3 is 24.3 Å². The van der Waals surface area contributed by atoms with Crippen LogP contribution in [0.2, 0.25) is 0 Å². The van der Waals surface area contributed by atoms with Crippen molar-refractivity contribution in [2.75, 3.05) is 0 Å². The molecule has 3 N–H and O–H groups in total. The van der Waals surface area contributed by atoms with Gasteiger partial charge in [0.05, 0.1) is 0 Å². The summed E-state index contributed by atoms with van der Waals surface area (Å²) in [4.78, 5) is 21.6. The van der Waals surface area contributed by atoms with Crippen molar-refractivity contribution in [1.29, 1.82) is 0 Å². The molecule has 0 amide bonds. The van der Waals surface area contributed by atoms with Crippen molar-refractivity contribution >= 4 is 7.82 Å². The second-order valence-corrected chi connectivity index (χ2v) is 6.22. The Kier molecular flexibility index (Phi) is 51.8. The molecule has 0 aliphatic rings. The summed E-state index contributed by atoms with van der Waals surface area (Å²) in [5.74, 6) is 0. The van der Waals surface area contributed by atoms with Crippen molar-refractivity contribution in [1.82, 2.24) is 0 Å². The van der Waals surface area contributed by atoms with Gasteiger partial charge in [-0.15, -0.1) is 0 Å². The summed E-state index contributed by atoms with van der Waals surface area (Å²) in [6.45, 7) is 17.8.